The molecule has 6 nitrogen and oxygen atoms in total. The zero-order valence-corrected chi connectivity index (χ0v) is 12.5. The standard InChI is InChI=1S/C16H18O6/c1-15(2)20-10-16(22-15)8-12(21-14(16)18)9-19-13(17)11-6-4-3-5-7-11/h3-7,12H,8-10H2,1-2H3/t12-,16+/m1/s1. The summed E-state index contributed by atoms with van der Waals surface area (Å²) in [6.07, 6.45) is -0.199. The maximum Gasteiger partial charge on any atom is 0.341 e. The Morgan fingerprint density at radius 3 is 2.68 bits per heavy atom. The maximum atomic E-state index is 12.0. The average molecular weight is 306 g/mol. The van der Waals surface area contributed by atoms with E-state index in [4.69, 9.17) is 18.9 Å². The van der Waals surface area contributed by atoms with Crippen LogP contribution in [0.2, 0.25) is 0 Å². The Balaban J connectivity index is 1.57. The van der Waals surface area contributed by atoms with Crippen LogP contribution in [0.3, 0.4) is 0 Å². The molecule has 1 aromatic rings. The molecule has 0 amide bonds. The van der Waals surface area contributed by atoms with Gasteiger partial charge in [-0.3, -0.25) is 0 Å². The second-order valence-electron chi connectivity index (χ2n) is 5.98. The van der Waals surface area contributed by atoms with Crippen molar-refractivity contribution < 1.29 is 28.5 Å². The monoisotopic (exact) mass is 306 g/mol. The molecule has 0 aromatic heterocycles. The first-order valence-corrected chi connectivity index (χ1v) is 7.18. The fourth-order valence-electron chi connectivity index (χ4n) is 2.69. The maximum absolute atomic E-state index is 12.0. The number of hydrogen-bond donors (Lipinski definition) is 0. The molecule has 118 valence electrons. The van der Waals surface area contributed by atoms with Crippen molar-refractivity contribution in [1.29, 1.82) is 0 Å². The van der Waals surface area contributed by atoms with Gasteiger partial charge in [0.1, 0.15) is 12.7 Å². The molecule has 2 aliphatic rings. The number of cyclic esters (lactones) is 1. The third kappa shape index (κ3) is 2.84. The van der Waals surface area contributed by atoms with Gasteiger partial charge in [0.2, 0.25) is 0 Å². The zero-order chi connectivity index (χ0) is 15.8. The molecule has 1 spiro atoms. The first kappa shape index (κ1) is 15.0. The van der Waals surface area contributed by atoms with E-state index in [0.717, 1.165) is 0 Å². The smallest absolute Gasteiger partial charge is 0.341 e. The van der Waals surface area contributed by atoms with Crippen LogP contribution in [0.1, 0.15) is 30.6 Å². The molecule has 2 aliphatic heterocycles. The Morgan fingerprint density at radius 2 is 2.05 bits per heavy atom. The van der Waals surface area contributed by atoms with Gasteiger partial charge in [-0.05, 0) is 26.0 Å². The number of carbonyl (C=O) groups excluding carboxylic acids is 2. The van der Waals surface area contributed by atoms with Gasteiger partial charge in [0.25, 0.3) is 0 Å². The molecule has 0 saturated carbocycles. The lowest BCUT2D eigenvalue weighted by Gasteiger charge is -2.20. The topological polar surface area (TPSA) is 71.1 Å². The lowest BCUT2D eigenvalue weighted by Crippen LogP contribution is -2.39. The van der Waals surface area contributed by atoms with Crippen LogP contribution in [-0.2, 0) is 23.7 Å². The van der Waals surface area contributed by atoms with Crippen molar-refractivity contribution in [2.45, 2.75) is 37.8 Å². The van der Waals surface area contributed by atoms with E-state index in [1.54, 1.807) is 38.1 Å². The summed E-state index contributed by atoms with van der Waals surface area (Å²) >= 11 is 0. The Kier molecular flexibility index (Phi) is 3.66. The molecule has 2 heterocycles. The minimum atomic E-state index is -1.08. The van der Waals surface area contributed by atoms with Crippen LogP contribution < -0.4 is 0 Å². The van der Waals surface area contributed by atoms with Crippen molar-refractivity contribution in [2.75, 3.05) is 13.2 Å². The number of carbonyl (C=O) groups is 2. The quantitative estimate of drug-likeness (QED) is 0.791. The summed E-state index contributed by atoms with van der Waals surface area (Å²) in [5, 5.41) is 0. The third-order valence-electron chi connectivity index (χ3n) is 3.71. The minimum Gasteiger partial charge on any atom is -0.458 e. The van der Waals surface area contributed by atoms with Gasteiger partial charge in [-0.15, -0.1) is 0 Å². The summed E-state index contributed by atoms with van der Waals surface area (Å²) in [6.45, 7) is 3.66. The largest absolute Gasteiger partial charge is 0.458 e. The first-order valence-electron chi connectivity index (χ1n) is 7.18. The van der Waals surface area contributed by atoms with Gasteiger partial charge in [0.15, 0.2) is 11.4 Å². The van der Waals surface area contributed by atoms with Crippen molar-refractivity contribution in [2.24, 2.45) is 0 Å². The van der Waals surface area contributed by atoms with Crippen molar-refractivity contribution >= 4 is 11.9 Å². The average Bonchev–Trinajstić information content (AvgIpc) is 2.97. The van der Waals surface area contributed by atoms with Crippen LogP contribution in [0, 0.1) is 0 Å². The number of ether oxygens (including phenoxy) is 4. The lowest BCUT2D eigenvalue weighted by molar-refractivity contribution is -0.177. The van der Waals surface area contributed by atoms with Gasteiger partial charge in [0, 0.05) is 6.42 Å². The van der Waals surface area contributed by atoms with Crippen LogP contribution in [0.25, 0.3) is 0 Å². The Labute approximate surface area is 128 Å². The van der Waals surface area contributed by atoms with Crippen molar-refractivity contribution in [3.05, 3.63) is 35.9 Å². The van der Waals surface area contributed by atoms with E-state index in [1.807, 2.05) is 6.07 Å². The fraction of sp³-hybridized carbons (Fsp3) is 0.500. The highest BCUT2D eigenvalue weighted by Crippen LogP contribution is 2.39. The predicted octanol–water partition coefficient (Wildman–Crippen LogP) is 1.68. The molecule has 2 saturated heterocycles. The third-order valence-corrected chi connectivity index (χ3v) is 3.71. The van der Waals surface area contributed by atoms with Gasteiger partial charge in [0.05, 0.1) is 12.2 Å². The van der Waals surface area contributed by atoms with E-state index in [9.17, 15) is 9.59 Å². The van der Waals surface area contributed by atoms with Gasteiger partial charge < -0.3 is 18.9 Å². The molecule has 0 bridgehead atoms. The van der Waals surface area contributed by atoms with Crippen LogP contribution in [-0.4, -0.2) is 42.6 Å². The predicted molar refractivity (Wildman–Crippen MR) is 75.1 cm³/mol. The molecule has 0 unspecified atom stereocenters. The zero-order valence-electron chi connectivity index (χ0n) is 12.5. The number of benzene rings is 1. The molecular formula is C16H18O6. The Morgan fingerprint density at radius 1 is 1.32 bits per heavy atom. The highest BCUT2D eigenvalue weighted by Gasteiger charge is 2.58. The van der Waals surface area contributed by atoms with Crippen molar-refractivity contribution in [1.82, 2.24) is 0 Å². The molecule has 22 heavy (non-hydrogen) atoms. The van der Waals surface area contributed by atoms with Gasteiger partial charge in [-0.25, -0.2) is 9.59 Å². The molecular weight excluding hydrogens is 288 g/mol. The van der Waals surface area contributed by atoms with E-state index in [1.165, 1.54) is 0 Å². The second-order valence-corrected chi connectivity index (χ2v) is 5.98. The molecule has 2 fully saturated rings. The second kappa shape index (κ2) is 5.37. The summed E-state index contributed by atoms with van der Waals surface area (Å²) < 4.78 is 21.6. The number of hydrogen-bond acceptors (Lipinski definition) is 6. The van der Waals surface area contributed by atoms with Gasteiger partial charge in [-0.1, -0.05) is 18.2 Å². The van der Waals surface area contributed by atoms with Crippen LogP contribution >= 0.6 is 0 Å². The molecule has 2 atom stereocenters. The Bertz CT molecular complexity index is 582. The summed E-state index contributed by atoms with van der Waals surface area (Å²) in [5.74, 6) is -1.71. The number of esters is 2. The van der Waals surface area contributed by atoms with Gasteiger partial charge in [-0.2, -0.15) is 0 Å². The number of rotatable bonds is 3. The normalized spacial score (nSPS) is 29.5. The highest BCUT2D eigenvalue weighted by atomic mass is 16.8. The highest BCUT2D eigenvalue weighted by molar-refractivity contribution is 5.89. The fourth-order valence-corrected chi connectivity index (χ4v) is 2.69. The van der Waals surface area contributed by atoms with E-state index >= 15 is 0 Å². The van der Waals surface area contributed by atoms with Crippen LogP contribution in [0.15, 0.2) is 30.3 Å². The molecule has 0 aliphatic carbocycles. The SMILES string of the molecule is CC1(C)OC[C@]2(C[C@H](COC(=O)c3ccccc3)OC2=O)O1. The molecule has 6 heteroatoms. The molecule has 0 N–H and O–H groups in total. The Hall–Kier alpha value is -1.92. The molecule has 1 aromatic carbocycles. The van der Waals surface area contributed by atoms with Crippen LogP contribution in [0.4, 0.5) is 0 Å². The first-order chi connectivity index (χ1) is 10.4. The van der Waals surface area contributed by atoms with E-state index in [2.05, 4.69) is 0 Å². The van der Waals surface area contributed by atoms with E-state index < -0.39 is 29.4 Å². The van der Waals surface area contributed by atoms with E-state index in [-0.39, 0.29) is 13.2 Å². The summed E-state index contributed by atoms with van der Waals surface area (Å²) in [4.78, 5) is 23.9. The summed E-state index contributed by atoms with van der Waals surface area (Å²) in [5.41, 5.74) is -0.615. The van der Waals surface area contributed by atoms with Gasteiger partial charge >= 0.3 is 11.9 Å². The lowest BCUT2D eigenvalue weighted by atomic mass is 10.0. The van der Waals surface area contributed by atoms with E-state index in [0.29, 0.717) is 12.0 Å². The van der Waals surface area contributed by atoms with Crippen molar-refractivity contribution in [3.8, 4) is 0 Å². The summed E-state index contributed by atoms with van der Waals surface area (Å²) in [6, 6.07) is 8.67. The summed E-state index contributed by atoms with van der Waals surface area (Å²) in [7, 11) is 0. The molecule has 0 radical (unpaired) electrons. The molecule has 3 rings (SSSR count). The van der Waals surface area contributed by atoms with Crippen LogP contribution in [0.5, 0.6) is 0 Å². The minimum absolute atomic E-state index is 0.00497. The van der Waals surface area contributed by atoms with Crippen molar-refractivity contribution in [3.63, 3.8) is 0 Å².